The van der Waals surface area contributed by atoms with E-state index >= 15 is 0 Å². The third kappa shape index (κ3) is 4.08. The van der Waals surface area contributed by atoms with Gasteiger partial charge in [0.25, 0.3) is 0 Å². The summed E-state index contributed by atoms with van der Waals surface area (Å²) in [5, 5.41) is 15.8. The van der Waals surface area contributed by atoms with E-state index in [9.17, 15) is 4.79 Å². The number of tetrazole rings is 1. The van der Waals surface area contributed by atoms with Crippen LogP contribution in [-0.4, -0.2) is 37.7 Å². The lowest BCUT2D eigenvalue weighted by atomic mass is 10.1. The van der Waals surface area contributed by atoms with Crippen molar-refractivity contribution >= 4 is 23.0 Å². The molecule has 4 rings (SSSR count). The molecule has 0 radical (unpaired) electrons. The zero-order valence-corrected chi connectivity index (χ0v) is 17.3. The van der Waals surface area contributed by atoms with Crippen LogP contribution in [0.2, 0.25) is 0 Å². The SMILES string of the molecule is Cc1cccc(-n2nnn(C)c2=O)c1COC(=N)/C=C\N(C)c1nc2ccccc2o1. The van der Waals surface area contributed by atoms with Gasteiger partial charge in [-0.2, -0.15) is 14.3 Å². The summed E-state index contributed by atoms with van der Waals surface area (Å²) in [6.07, 6.45) is 3.14. The molecule has 0 aliphatic heterocycles. The molecule has 4 aromatic rings. The number of para-hydroxylation sites is 2. The molecule has 0 amide bonds. The fraction of sp³-hybridized carbons (Fsp3) is 0.190. The van der Waals surface area contributed by atoms with Gasteiger partial charge in [-0.3, -0.25) is 5.41 Å². The first-order valence-electron chi connectivity index (χ1n) is 9.50. The summed E-state index contributed by atoms with van der Waals surface area (Å²) in [6.45, 7) is 2.00. The van der Waals surface area contributed by atoms with Crippen LogP contribution in [0.4, 0.5) is 6.01 Å². The fourth-order valence-electron chi connectivity index (χ4n) is 2.99. The Morgan fingerprint density at radius 1 is 1.23 bits per heavy atom. The number of nitrogens with zero attached hydrogens (tertiary/aromatic N) is 6. The van der Waals surface area contributed by atoms with E-state index in [1.54, 1.807) is 24.2 Å². The van der Waals surface area contributed by atoms with Gasteiger partial charge in [0, 0.05) is 31.9 Å². The van der Waals surface area contributed by atoms with E-state index in [0.29, 0.717) is 17.3 Å². The van der Waals surface area contributed by atoms with Crippen molar-refractivity contribution in [2.45, 2.75) is 13.5 Å². The number of aryl methyl sites for hydroxylation is 2. The number of rotatable bonds is 6. The minimum Gasteiger partial charge on any atom is -0.473 e. The Balaban J connectivity index is 1.46. The average Bonchev–Trinajstić information content (AvgIpc) is 3.34. The molecule has 0 fully saturated rings. The van der Waals surface area contributed by atoms with E-state index in [1.165, 1.54) is 17.8 Å². The highest BCUT2D eigenvalue weighted by atomic mass is 16.5. The summed E-state index contributed by atoms with van der Waals surface area (Å²) in [7, 11) is 3.31. The van der Waals surface area contributed by atoms with Crippen LogP contribution in [0.3, 0.4) is 0 Å². The monoisotopic (exact) mass is 419 g/mol. The minimum atomic E-state index is -0.359. The Labute approximate surface area is 177 Å². The number of nitrogens with one attached hydrogen (secondary N) is 1. The highest BCUT2D eigenvalue weighted by molar-refractivity contribution is 5.85. The number of ether oxygens (including phenoxy) is 1. The van der Waals surface area contributed by atoms with Gasteiger partial charge in [-0.05, 0) is 41.1 Å². The van der Waals surface area contributed by atoms with E-state index in [4.69, 9.17) is 14.6 Å². The maximum absolute atomic E-state index is 12.2. The third-order valence-electron chi connectivity index (χ3n) is 4.74. The summed E-state index contributed by atoms with van der Waals surface area (Å²) in [4.78, 5) is 18.3. The molecule has 10 nitrogen and oxygen atoms in total. The van der Waals surface area contributed by atoms with Gasteiger partial charge in [-0.15, -0.1) is 0 Å². The molecule has 0 spiro atoms. The van der Waals surface area contributed by atoms with E-state index in [0.717, 1.165) is 21.3 Å². The molecular formula is C21H21N7O3. The highest BCUT2D eigenvalue weighted by Gasteiger charge is 2.14. The molecule has 0 saturated carbocycles. The second-order valence-electron chi connectivity index (χ2n) is 6.91. The largest absolute Gasteiger partial charge is 0.473 e. The number of anilines is 1. The molecule has 158 valence electrons. The molecule has 2 heterocycles. The van der Waals surface area contributed by atoms with E-state index in [1.807, 2.05) is 43.3 Å². The number of oxazole rings is 1. The van der Waals surface area contributed by atoms with Crippen molar-refractivity contribution in [1.29, 1.82) is 5.41 Å². The van der Waals surface area contributed by atoms with Gasteiger partial charge in [0.15, 0.2) is 5.58 Å². The molecule has 0 aliphatic carbocycles. The van der Waals surface area contributed by atoms with Crippen molar-refractivity contribution in [3.05, 3.63) is 76.4 Å². The van der Waals surface area contributed by atoms with Crippen molar-refractivity contribution < 1.29 is 9.15 Å². The van der Waals surface area contributed by atoms with Gasteiger partial charge in [-0.1, -0.05) is 24.3 Å². The molecule has 0 aliphatic rings. The van der Waals surface area contributed by atoms with Crippen molar-refractivity contribution in [2.24, 2.45) is 7.05 Å². The van der Waals surface area contributed by atoms with Crippen LogP contribution in [0.1, 0.15) is 11.1 Å². The number of benzene rings is 2. The minimum absolute atomic E-state index is 0.0522. The second-order valence-corrected chi connectivity index (χ2v) is 6.91. The van der Waals surface area contributed by atoms with Crippen molar-refractivity contribution in [1.82, 2.24) is 24.8 Å². The standard InChI is InChI=1S/C21H21N7O3/c1-14-7-6-9-17(28-21(29)27(3)24-25-28)15(14)13-30-19(22)11-12-26(2)20-23-16-8-4-5-10-18(16)31-20/h4-12,22H,13H2,1-3H3/b12-11-,22-19?. The first kappa shape index (κ1) is 20.1. The first-order chi connectivity index (χ1) is 14.9. The Hall–Kier alpha value is -4.21. The van der Waals surface area contributed by atoms with Gasteiger partial charge in [0.05, 0.1) is 5.69 Å². The molecule has 0 bridgehead atoms. The van der Waals surface area contributed by atoms with Crippen LogP contribution in [0.15, 0.2) is 64.0 Å². The predicted octanol–water partition coefficient (Wildman–Crippen LogP) is 2.56. The molecule has 10 heteroatoms. The highest BCUT2D eigenvalue weighted by Crippen LogP contribution is 2.21. The van der Waals surface area contributed by atoms with Crippen molar-refractivity contribution in [3.8, 4) is 5.69 Å². The van der Waals surface area contributed by atoms with Crippen LogP contribution in [0.5, 0.6) is 0 Å². The molecule has 2 aromatic heterocycles. The topological polar surface area (TPSA) is 115 Å². The van der Waals surface area contributed by atoms with Crippen LogP contribution >= 0.6 is 0 Å². The molecule has 0 saturated heterocycles. The summed E-state index contributed by atoms with van der Waals surface area (Å²) in [5.41, 5.74) is 3.32. The second kappa shape index (κ2) is 8.27. The number of hydrogen-bond acceptors (Lipinski definition) is 8. The number of fused-ring (bicyclic) bond motifs is 1. The van der Waals surface area contributed by atoms with Crippen LogP contribution in [0.25, 0.3) is 16.8 Å². The lowest BCUT2D eigenvalue weighted by Crippen LogP contribution is -2.23. The summed E-state index contributed by atoms with van der Waals surface area (Å²) < 4.78 is 13.7. The van der Waals surface area contributed by atoms with Crippen LogP contribution in [0, 0.1) is 12.3 Å². The smallest absolute Gasteiger partial charge is 0.368 e. The maximum Gasteiger partial charge on any atom is 0.368 e. The quantitative estimate of drug-likeness (QED) is 0.377. The molecule has 1 N–H and O–H groups in total. The zero-order chi connectivity index (χ0) is 22.0. The van der Waals surface area contributed by atoms with Gasteiger partial charge >= 0.3 is 11.7 Å². The van der Waals surface area contributed by atoms with Gasteiger partial charge in [0.1, 0.15) is 12.1 Å². The Morgan fingerprint density at radius 3 is 2.77 bits per heavy atom. The molecule has 0 atom stereocenters. The van der Waals surface area contributed by atoms with Crippen LogP contribution < -0.4 is 10.6 Å². The number of aromatic nitrogens is 5. The zero-order valence-electron chi connectivity index (χ0n) is 17.3. The summed E-state index contributed by atoms with van der Waals surface area (Å²) >= 11 is 0. The number of hydrogen-bond donors (Lipinski definition) is 1. The Kier molecular flexibility index (Phi) is 5.35. The first-order valence-corrected chi connectivity index (χ1v) is 9.50. The molecular weight excluding hydrogens is 398 g/mol. The summed E-state index contributed by atoms with van der Waals surface area (Å²) in [5.74, 6) is -0.0522. The average molecular weight is 419 g/mol. The molecule has 2 aromatic carbocycles. The Bertz CT molecular complexity index is 1300. The third-order valence-corrected chi connectivity index (χ3v) is 4.74. The van der Waals surface area contributed by atoms with Crippen LogP contribution in [-0.2, 0) is 18.4 Å². The lowest BCUT2D eigenvalue weighted by Gasteiger charge is -2.12. The molecule has 0 unspecified atom stereocenters. The lowest BCUT2D eigenvalue weighted by molar-refractivity contribution is 0.291. The van der Waals surface area contributed by atoms with Gasteiger partial charge in [-0.25, -0.2) is 4.79 Å². The van der Waals surface area contributed by atoms with Crippen molar-refractivity contribution in [3.63, 3.8) is 0 Å². The van der Waals surface area contributed by atoms with Gasteiger partial charge in [0.2, 0.25) is 5.90 Å². The van der Waals surface area contributed by atoms with Gasteiger partial charge < -0.3 is 14.1 Å². The fourth-order valence-corrected chi connectivity index (χ4v) is 2.99. The normalized spacial score (nSPS) is 11.3. The van der Waals surface area contributed by atoms with Crippen molar-refractivity contribution in [2.75, 3.05) is 11.9 Å². The van der Waals surface area contributed by atoms with E-state index < -0.39 is 0 Å². The predicted molar refractivity (Wildman–Crippen MR) is 115 cm³/mol. The Morgan fingerprint density at radius 2 is 2.03 bits per heavy atom. The van der Waals surface area contributed by atoms with E-state index in [2.05, 4.69) is 15.4 Å². The summed E-state index contributed by atoms with van der Waals surface area (Å²) in [6, 6.07) is 13.4. The molecule has 31 heavy (non-hydrogen) atoms. The van der Waals surface area contributed by atoms with E-state index in [-0.39, 0.29) is 18.2 Å². The maximum atomic E-state index is 12.2.